The smallest absolute Gasteiger partial charge is 0.319 e. The number of hydrogen-bond acceptors (Lipinski definition) is 4. The van der Waals surface area contributed by atoms with Crippen LogP contribution in [0.1, 0.15) is 23.6 Å². The molecule has 0 saturated carbocycles. The maximum atomic E-state index is 14.4. The zero-order valence-electron chi connectivity index (χ0n) is 15.9. The van der Waals surface area contributed by atoms with Crippen molar-refractivity contribution in [2.75, 3.05) is 18.5 Å². The maximum Gasteiger partial charge on any atom is 0.319 e. The topological polar surface area (TPSA) is 81.3 Å². The Kier molecular flexibility index (Phi) is 6.44. The molecule has 0 saturated heterocycles. The SMILES string of the molecule is Cc1cc(C)n(-c2ccc(NC(=O)NCCCOCc3ccco3)cc2F)n1. The van der Waals surface area contributed by atoms with E-state index in [2.05, 4.69) is 15.7 Å². The van der Waals surface area contributed by atoms with Crippen molar-refractivity contribution < 1.29 is 18.3 Å². The number of aryl methyl sites for hydroxylation is 2. The second kappa shape index (κ2) is 9.18. The van der Waals surface area contributed by atoms with Crippen molar-refractivity contribution in [3.8, 4) is 5.69 Å². The van der Waals surface area contributed by atoms with Gasteiger partial charge in [0.15, 0.2) is 5.82 Å². The predicted octanol–water partition coefficient (Wildman–Crippen LogP) is 3.95. The molecule has 1 aromatic carbocycles. The molecule has 0 radical (unpaired) electrons. The van der Waals surface area contributed by atoms with E-state index in [0.717, 1.165) is 17.1 Å². The first-order chi connectivity index (χ1) is 13.5. The van der Waals surface area contributed by atoms with E-state index in [0.29, 0.717) is 37.6 Å². The third kappa shape index (κ3) is 5.20. The van der Waals surface area contributed by atoms with Gasteiger partial charge in [-0.2, -0.15) is 5.10 Å². The van der Waals surface area contributed by atoms with Crippen molar-refractivity contribution in [3.05, 3.63) is 65.6 Å². The van der Waals surface area contributed by atoms with E-state index in [9.17, 15) is 9.18 Å². The van der Waals surface area contributed by atoms with Crippen LogP contribution in [0.2, 0.25) is 0 Å². The van der Waals surface area contributed by atoms with Crippen molar-refractivity contribution in [3.63, 3.8) is 0 Å². The molecule has 0 bridgehead atoms. The third-order valence-corrected chi connectivity index (χ3v) is 4.02. The Labute approximate surface area is 162 Å². The Morgan fingerprint density at radius 2 is 2.14 bits per heavy atom. The molecule has 0 aliphatic carbocycles. The average molecular weight is 386 g/mol. The first kappa shape index (κ1) is 19.6. The Hall–Kier alpha value is -3.13. The van der Waals surface area contributed by atoms with Crippen LogP contribution < -0.4 is 10.6 Å². The van der Waals surface area contributed by atoms with Crippen molar-refractivity contribution in [1.29, 1.82) is 0 Å². The van der Waals surface area contributed by atoms with Gasteiger partial charge in [0.25, 0.3) is 0 Å². The van der Waals surface area contributed by atoms with E-state index in [4.69, 9.17) is 9.15 Å². The zero-order chi connectivity index (χ0) is 19.9. The van der Waals surface area contributed by atoms with Gasteiger partial charge in [-0.1, -0.05) is 0 Å². The van der Waals surface area contributed by atoms with E-state index >= 15 is 0 Å². The van der Waals surface area contributed by atoms with Crippen LogP contribution in [0, 0.1) is 19.7 Å². The minimum absolute atomic E-state index is 0.338. The number of carbonyl (C=O) groups excluding carboxylic acids is 1. The summed E-state index contributed by atoms with van der Waals surface area (Å²) in [7, 11) is 0. The summed E-state index contributed by atoms with van der Waals surface area (Å²) in [5.74, 6) is 0.298. The lowest BCUT2D eigenvalue weighted by Gasteiger charge is -2.10. The highest BCUT2D eigenvalue weighted by Gasteiger charge is 2.11. The molecule has 0 aliphatic rings. The number of benzene rings is 1. The molecule has 7 nitrogen and oxygen atoms in total. The Morgan fingerprint density at radius 1 is 1.29 bits per heavy atom. The fourth-order valence-electron chi connectivity index (χ4n) is 2.75. The van der Waals surface area contributed by atoms with Gasteiger partial charge >= 0.3 is 6.03 Å². The number of ether oxygens (including phenoxy) is 1. The number of rotatable bonds is 8. The zero-order valence-corrected chi connectivity index (χ0v) is 15.9. The van der Waals surface area contributed by atoms with Crippen LogP contribution in [-0.2, 0) is 11.3 Å². The summed E-state index contributed by atoms with van der Waals surface area (Å²) in [5.41, 5.74) is 2.36. The van der Waals surface area contributed by atoms with Crippen LogP contribution in [0.25, 0.3) is 5.69 Å². The van der Waals surface area contributed by atoms with E-state index in [-0.39, 0.29) is 0 Å². The fraction of sp³-hybridized carbons (Fsp3) is 0.300. The number of amides is 2. The summed E-state index contributed by atoms with van der Waals surface area (Å²) in [5, 5.41) is 9.60. The molecule has 2 amide bonds. The lowest BCUT2D eigenvalue weighted by atomic mass is 10.2. The van der Waals surface area contributed by atoms with E-state index in [1.54, 1.807) is 24.5 Å². The van der Waals surface area contributed by atoms with Crippen LogP contribution in [0.5, 0.6) is 0 Å². The Bertz CT molecular complexity index is 922. The van der Waals surface area contributed by atoms with Gasteiger partial charge in [-0.3, -0.25) is 0 Å². The lowest BCUT2D eigenvalue weighted by molar-refractivity contribution is 0.104. The molecule has 2 heterocycles. The van der Waals surface area contributed by atoms with Crippen LogP contribution >= 0.6 is 0 Å². The second-order valence-corrected chi connectivity index (χ2v) is 6.37. The standard InChI is InChI=1S/C20H23FN4O3/c1-14-11-15(2)25(24-14)19-7-6-16(12-18(19)21)23-20(26)22-8-4-9-27-13-17-5-3-10-28-17/h3,5-7,10-12H,4,8-9,13H2,1-2H3,(H2,22,23,26). The molecule has 3 rings (SSSR count). The van der Waals surface area contributed by atoms with Crippen molar-refractivity contribution in [2.45, 2.75) is 26.9 Å². The van der Waals surface area contributed by atoms with E-state index < -0.39 is 11.8 Å². The van der Waals surface area contributed by atoms with Gasteiger partial charge < -0.3 is 19.8 Å². The maximum absolute atomic E-state index is 14.4. The highest BCUT2D eigenvalue weighted by Crippen LogP contribution is 2.19. The molecule has 2 aromatic heterocycles. The molecular weight excluding hydrogens is 363 g/mol. The number of anilines is 1. The van der Waals surface area contributed by atoms with Gasteiger partial charge in [-0.05, 0) is 56.7 Å². The highest BCUT2D eigenvalue weighted by molar-refractivity contribution is 5.89. The monoisotopic (exact) mass is 386 g/mol. The number of nitrogens with one attached hydrogen (secondary N) is 2. The van der Waals surface area contributed by atoms with Crippen molar-refractivity contribution in [2.24, 2.45) is 0 Å². The molecule has 3 aromatic rings. The molecule has 0 fully saturated rings. The fourth-order valence-corrected chi connectivity index (χ4v) is 2.75. The number of hydrogen-bond donors (Lipinski definition) is 2. The van der Waals surface area contributed by atoms with Gasteiger partial charge in [0.05, 0.1) is 12.0 Å². The first-order valence-corrected chi connectivity index (χ1v) is 9.01. The molecule has 2 N–H and O–H groups in total. The highest BCUT2D eigenvalue weighted by atomic mass is 19.1. The number of nitrogens with zero attached hydrogens (tertiary/aromatic N) is 2. The van der Waals surface area contributed by atoms with Crippen LogP contribution in [0.4, 0.5) is 14.9 Å². The molecule has 0 aliphatic heterocycles. The lowest BCUT2D eigenvalue weighted by Crippen LogP contribution is -2.30. The number of halogens is 1. The minimum atomic E-state index is -0.463. The van der Waals surface area contributed by atoms with Gasteiger partial charge in [-0.15, -0.1) is 0 Å². The van der Waals surface area contributed by atoms with Gasteiger partial charge in [0, 0.05) is 24.5 Å². The number of carbonyl (C=O) groups is 1. The van der Waals surface area contributed by atoms with Crippen molar-refractivity contribution in [1.82, 2.24) is 15.1 Å². The molecule has 28 heavy (non-hydrogen) atoms. The Morgan fingerprint density at radius 3 is 2.82 bits per heavy atom. The molecule has 0 unspecified atom stereocenters. The Balaban J connectivity index is 1.42. The van der Waals surface area contributed by atoms with E-state index in [1.807, 2.05) is 26.0 Å². The third-order valence-electron chi connectivity index (χ3n) is 4.02. The molecule has 148 valence electrons. The van der Waals surface area contributed by atoms with Crippen LogP contribution in [-0.4, -0.2) is 29.0 Å². The largest absolute Gasteiger partial charge is 0.467 e. The van der Waals surface area contributed by atoms with Gasteiger partial charge in [0.1, 0.15) is 18.1 Å². The average Bonchev–Trinajstić information content (AvgIpc) is 3.27. The summed E-state index contributed by atoms with van der Waals surface area (Å²) in [6.45, 7) is 5.05. The van der Waals surface area contributed by atoms with Gasteiger partial charge in [-0.25, -0.2) is 13.9 Å². The quantitative estimate of drug-likeness (QED) is 0.575. The molecule has 0 atom stereocenters. The summed E-state index contributed by atoms with van der Waals surface area (Å²) in [6.07, 6.45) is 2.25. The molecule has 8 heteroatoms. The van der Waals surface area contributed by atoms with Crippen LogP contribution in [0.3, 0.4) is 0 Å². The van der Waals surface area contributed by atoms with Gasteiger partial charge in [0.2, 0.25) is 0 Å². The van der Waals surface area contributed by atoms with Crippen LogP contribution in [0.15, 0.2) is 47.1 Å². The summed E-state index contributed by atoms with van der Waals surface area (Å²) >= 11 is 0. The summed E-state index contributed by atoms with van der Waals surface area (Å²) < 4.78 is 26.6. The normalized spacial score (nSPS) is 10.8. The first-order valence-electron chi connectivity index (χ1n) is 9.01. The minimum Gasteiger partial charge on any atom is -0.467 e. The molecular formula is C20H23FN4O3. The number of furan rings is 1. The number of urea groups is 1. The molecule has 0 spiro atoms. The van der Waals surface area contributed by atoms with Crippen molar-refractivity contribution >= 4 is 11.7 Å². The summed E-state index contributed by atoms with van der Waals surface area (Å²) in [6, 6.07) is 9.62. The second-order valence-electron chi connectivity index (χ2n) is 6.37. The summed E-state index contributed by atoms with van der Waals surface area (Å²) in [4.78, 5) is 11.9. The predicted molar refractivity (Wildman–Crippen MR) is 103 cm³/mol. The van der Waals surface area contributed by atoms with E-state index in [1.165, 1.54) is 10.7 Å². The number of aromatic nitrogens is 2.